The number of benzene rings is 1. The lowest BCUT2D eigenvalue weighted by Crippen LogP contribution is -2.41. The Morgan fingerprint density at radius 1 is 1.26 bits per heavy atom. The van der Waals surface area contributed by atoms with Crippen LogP contribution in [0, 0.1) is 0 Å². The second-order valence-corrected chi connectivity index (χ2v) is 6.78. The number of nitrogens with zero attached hydrogens (tertiary/aromatic N) is 2. The second-order valence-electron chi connectivity index (χ2n) is 6.78. The second kappa shape index (κ2) is 7.70. The maximum atomic E-state index is 12.7. The summed E-state index contributed by atoms with van der Waals surface area (Å²) in [5, 5.41) is 0. The Morgan fingerprint density at radius 3 is 2.93 bits per heavy atom. The summed E-state index contributed by atoms with van der Waals surface area (Å²) in [6.45, 7) is 1.48. The highest BCUT2D eigenvalue weighted by Crippen LogP contribution is 2.29. The average molecular weight is 365 g/mol. The van der Waals surface area contributed by atoms with Gasteiger partial charge >= 0.3 is 0 Å². The summed E-state index contributed by atoms with van der Waals surface area (Å²) in [7, 11) is 1.59. The largest absolute Gasteiger partial charge is 0.493 e. The fraction of sp³-hybridized carbons (Fsp3) is 0.333. The van der Waals surface area contributed by atoms with Crippen LogP contribution in [0.2, 0.25) is 0 Å². The van der Waals surface area contributed by atoms with Crippen molar-refractivity contribution in [2.45, 2.75) is 18.8 Å². The van der Waals surface area contributed by atoms with Crippen LogP contribution in [-0.4, -0.2) is 47.6 Å². The molecule has 0 unspecified atom stereocenters. The van der Waals surface area contributed by atoms with Crippen LogP contribution in [0.5, 0.6) is 11.5 Å². The van der Waals surface area contributed by atoms with Crippen molar-refractivity contribution in [3.05, 3.63) is 54.4 Å². The Hall–Kier alpha value is -3.02. The molecule has 140 valence electrons. The minimum Gasteiger partial charge on any atom is -0.493 e. The lowest BCUT2D eigenvalue weighted by atomic mass is 9.95. The molecule has 1 aliphatic heterocycles. The molecule has 3 aromatic rings. The van der Waals surface area contributed by atoms with E-state index in [1.807, 2.05) is 41.3 Å². The number of pyridine rings is 1. The molecular weight excluding hydrogens is 342 g/mol. The average Bonchev–Trinajstić information content (AvgIpc) is 3.16. The molecule has 1 aliphatic rings. The van der Waals surface area contributed by atoms with E-state index in [1.165, 1.54) is 0 Å². The van der Waals surface area contributed by atoms with Gasteiger partial charge < -0.3 is 19.4 Å². The van der Waals surface area contributed by atoms with Gasteiger partial charge in [-0.15, -0.1) is 0 Å². The molecule has 0 saturated carbocycles. The van der Waals surface area contributed by atoms with E-state index in [4.69, 9.17) is 9.47 Å². The molecule has 27 heavy (non-hydrogen) atoms. The summed E-state index contributed by atoms with van der Waals surface area (Å²) in [6.07, 6.45) is 3.84. The van der Waals surface area contributed by atoms with Crippen LogP contribution in [0.15, 0.2) is 48.7 Å². The molecule has 0 radical (unpaired) electrons. The van der Waals surface area contributed by atoms with Crippen molar-refractivity contribution in [2.24, 2.45) is 0 Å². The zero-order valence-electron chi connectivity index (χ0n) is 15.4. The molecule has 0 spiro atoms. The quantitative estimate of drug-likeness (QED) is 0.753. The van der Waals surface area contributed by atoms with E-state index >= 15 is 0 Å². The van der Waals surface area contributed by atoms with Gasteiger partial charge in [0.05, 0.1) is 18.1 Å². The van der Waals surface area contributed by atoms with Gasteiger partial charge in [0.15, 0.2) is 18.1 Å². The number of amides is 1. The van der Waals surface area contributed by atoms with Gasteiger partial charge in [0, 0.05) is 30.9 Å². The summed E-state index contributed by atoms with van der Waals surface area (Å²) in [5.41, 5.74) is 3.15. The number of likely N-dealkylation sites (tertiary alicyclic amines) is 1. The first-order valence-electron chi connectivity index (χ1n) is 9.22. The number of carbonyl (C=O) groups excluding carboxylic acids is 1. The van der Waals surface area contributed by atoms with E-state index in [0.717, 1.165) is 36.1 Å². The lowest BCUT2D eigenvalue weighted by molar-refractivity contribution is -0.134. The minimum absolute atomic E-state index is 0.000146. The zero-order chi connectivity index (χ0) is 18.6. The van der Waals surface area contributed by atoms with Crippen LogP contribution in [0.25, 0.3) is 11.0 Å². The van der Waals surface area contributed by atoms with Crippen molar-refractivity contribution in [1.82, 2.24) is 14.9 Å². The molecule has 1 aromatic carbocycles. The minimum atomic E-state index is -0.000146. The van der Waals surface area contributed by atoms with E-state index in [1.54, 1.807) is 13.3 Å². The predicted molar refractivity (Wildman–Crippen MR) is 103 cm³/mol. The van der Waals surface area contributed by atoms with Crippen molar-refractivity contribution >= 4 is 16.9 Å². The number of hydrogen-bond donors (Lipinski definition) is 1. The maximum absolute atomic E-state index is 12.7. The molecule has 0 bridgehead atoms. The van der Waals surface area contributed by atoms with Gasteiger partial charge in [0.25, 0.3) is 5.91 Å². The Morgan fingerprint density at radius 2 is 2.11 bits per heavy atom. The molecule has 3 heterocycles. The number of para-hydroxylation sites is 2. The molecule has 4 rings (SSSR count). The van der Waals surface area contributed by atoms with Gasteiger partial charge in [-0.3, -0.25) is 9.78 Å². The van der Waals surface area contributed by atoms with E-state index in [0.29, 0.717) is 24.0 Å². The number of methoxy groups -OCH3 is 1. The van der Waals surface area contributed by atoms with E-state index < -0.39 is 0 Å². The number of aromatic nitrogens is 2. The highest BCUT2D eigenvalue weighted by molar-refractivity contribution is 5.78. The normalized spacial score (nSPS) is 17.1. The maximum Gasteiger partial charge on any atom is 0.260 e. The van der Waals surface area contributed by atoms with Crippen molar-refractivity contribution in [1.29, 1.82) is 0 Å². The van der Waals surface area contributed by atoms with Crippen molar-refractivity contribution in [2.75, 3.05) is 26.8 Å². The van der Waals surface area contributed by atoms with Crippen LogP contribution in [-0.2, 0) is 4.79 Å². The fourth-order valence-electron chi connectivity index (χ4n) is 3.62. The molecule has 6 heteroatoms. The fourth-order valence-corrected chi connectivity index (χ4v) is 3.62. The highest BCUT2D eigenvalue weighted by atomic mass is 16.5. The number of carbonyl (C=O) groups is 1. The van der Waals surface area contributed by atoms with Gasteiger partial charge in [-0.25, -0.2) is 0 Å². The van der Waals surface area contributed by atoms with Crippen LogP contribution in [0.3, 0.4) is 0 Å². The van der Waals surface area contributed by atoms with Gasteiger partial charge in [0.2, 0.25) is 0 Å². The number of piperidine rings is 1. The van der Waals surface area contributed by atoms with Crippen LogP contribution < -0.4 is 9.47 Å². The van der Waals surface area contributed by atoms with E-state index in [2.05, 4.69) is 16.0 Å². The summed E-state index contributed by atoms with van der Waals surface area (Å²) in [4.78, 5) is 22.4. The third-order valence-electron chi connectivity index (χ3n) is 5.04. The van der Waals surface area contributed by atoms with Crippen LogP contribution >= 0.6 is 0 Å². The lowest BCUT2D eigenvalue weighted by Gasteiger charge is -2.32. The molecule has 1 fully saturated rings. The summed E-state index contributed by atoms with van der Waals surface area (Å²) in [5.74, 6) is 1.51. The van der Waals surface area contributed by atoms with Crippen LogP contribution in [0.1, 0.15) is 24.5 Å². The number of hydrogen-bond acceptors (Lipinski definition) is 4. The third-order valence-corrected chi connectivity index (χ3v) is 5.04. The van der Waals surface area contributed by atoms with Crippen LogP contribution in [0.4, 0.5) is 0 Å². The summed E-state index contributed by atoms with van der Waals surface area (Å²) in [6, 6.07) is 13.4. The van der Waals surface area contributed by atoms with Crippen molar-refractivity contribution in [3.8, 4) is 11.5 Å². The Balaban J connectivity index is 1.40. The predicted octanol–water partition coefficient (Wildman–Crippen LogP) is 3.36. The molecule has 1 saturated heterocycles. The number of H-pyrrole nitrogens is 1. The first kappa shape index (κ1) is 17.4. The molecule has 6 nitrogen and oxygen atoms in total. The number of aromatic amines is 1. The first-order chi connectivity index (χ1) is 13.2. The van der Waals surface area contributed by atoms with Gasteiger partial charge in [-0.2, -0.15) is 0 Å². The molecule has 0 aliphatic carbocycles. The number of ether oxygens (including phenoxy) is 2. The summed E-state index contributed by atoms with van der Waals surface area (Å²) >= 11 is 0. The first-order valence-corrected chi connectivity index (χ1v) is 9.22. The SMILES string of the molecule is COc1ccccc1OCC(=O)N1CCC[C@H](c2cc3ncccc3[nH]2)C1. The van der Waals surface area contributed by atoms with Crippen molar-refractivity contribution < 1.29 is 14.3 Å². The van der Waals surface area contributed by atoms with E-state index in [-0.39, 0.29) is 12.5 Å². The Kier molecular flexibility index (Phi) is 4.96. The molecule has 1 amide bonds. The molecule has 2 aromatic heterocycles. The molecule has 1 N–H and O–H groups in total. The molecule has 1 atom stereocenters. The van der Waals surface area contributed by atoms with Gasteiger partial charge in [-0.05, 0) is 43.2 Å². The number of rotatable bonds is 5. The molecular formula is C21H23N3O3. The van der Waals surface area contributed by atoms with Gasteiger partial charge in [0.1, 0.15) is 0 Å². The zero-order valence-corrected chi connectivity index (χ0v) is 15.4. The highest BCUT2D eigenvalue weighted by Gasteiger charge is 2.26. The van der Waals surface area contributed by atoms with Gasteiger partial charge in [-0.1, -0.05) is 12.1 Å². The van der Waals surface area contributed by atoms with E-state index in [9.17, 15) is 4.79 Å². The Bertz CT molecular complexity index is 904. The third kappa shape index (κ3) is 3.74. The summed E-state index contributed by atoms with van der Waals surface area (Å²) < 4.78 is 11.0. The smallest absolute Gasteiger partial charge is 0.260 e. The number of fused-ring (bicyclic) bond motifs is 1. The number of nitrogens with one attached hydrogen (secondary N) is 1. The Labute approximate surface area is 158 Å². The van der Waals surface area contributed by atoms with Crippen molar-refractivity contribution in [3.63, 3.8) is 0 Å². The topological polar surface area (TPSA) is 67.5 Å². The monoisotopic (exact) mass is 365 g/mol. The standard InChI is InChI=1S/C21H23N3O3/c1-26-19-8-2-3-9-20(19)27-14-21(25)24-11-5-6-15(13-24)17-12-18-16(23-17)7-4-10-22-18/h2-4,7-10,12,15,23H,5-6,11,13-14H2,1H3/t15-/m0/s1.